The molecule has 3 unspecified atom stereocenters. The predicted octanol–water partition coefficient (Wildman–Crippen LogP) is 4.21. The lowest BCUT2D eigenvalue weighted by Crippen LogP contribution is -2.57. The maximum atomic E-state index is 6.36. The van der Waals surface area contributed by atoms with E-state index in [0.717, 1.165) is 18.8 Å². The number of nitrogens with one attached hydrogen (secondary N) is 1. The van der Waals surface area contributed by atoms with Crippen LogP contribution in [0.4, 0.5) is 5.69 Å². The number of halogens is 2. The summed E-state index contributed by atoms with van der Waals surface area (Å²) in [4.78, 5) is 2.38. The normalized spacial score (nSPS) is 25.4. The van der Waals surface area contributed by atoms with Crippen molar-refractivity contribution in [2.75, 3.05) is 18.0 Å². The van der Waals surface area contributed by atoms with Gasteiger partial charge >= 0.3 is 0 Å². The zero-order valence-electron chi connectivity index (χ0n) is 11.8. The van der Waals surface area contributed by atoms with Crippen LogP contribution in [0.1, 0.15) is 27.2 Å². The minimum atomic E-state index is 0.427. The molecule has 4 heteroatoms. The van der Waals surface area contributed by atoms with E-state index in [-0.39, 0.29) is 0 Å². The SMILES string of the molecule is CCC(C)C1CN(c2cccc(Cl)c2Cl)C(C)CN1. The van der Waals surface area contributed by atoms with Crippen LogP contribution >= 0.6 is 23.2 Å². The van der Waals surface area contributed by atoms with Crippen LogP contribution in [-0.4, -0.2) is 25.2 Å². The topological polar surface area (TPSA) is 15.3 Å². The van der Waals surface area contributed by atoms with Gasteiger partial charge in [0.1, 0.15) is 0 Å². The first-order valence-corrected chi connectivity index (χ1v) is 7.74. The second-order valence-electron chi connectivity index (χ2n) is 5.47. The van der Waals surface area contributed by atoms with Crippen LogP contribution in [0.15, 0.2) is 18.2 Å². The molecule has 1 aliphatic heterocycles. The Morgan fingerprint density at radius 1 is 1.42 bits per heavy atom. The molecule has 2 rings (SSSR count). The fraction of sp³-hybridized carbons (Fsp3) is 0.600. The standard InChI is InChI=1S/C15H22Cl2N2/c1-4-10(2)13-9-19(11(3)8-18-13)14-7-5-6-12(16)15(14)17/h5-7,10-11,13,18H,4,8-9H2,1-3H3. The molecule has 0 aromatic heterocycles. The quantitative estimate of drug-likeness (QED) is 0.900. The molecule has 1 fully saturated rings. The van der Waals surface area contributed by atoms with Crippen LogP contribution in [0.5, 0.6) is 0 Å². The lowest BCUT2D eigenvalue weighted by Gasteiger charge is -2.42. The zero-order valence-corrected chi connectivity index (χ0v) is 13.3. The van der Waals surface area contributed by atoms with Crippen LogP contribution in [0.25, 0.3) is 0 Å². The van der Waals surface area contributed by atoms with E-state index >= 15 is 0 Å². The largest absolute Gasteiger partial charge is 0.365 e. The molecule has 1 saturated heterocycles. The summed E-state index contributed by atoms with van der Waals surface area (Å²) >= 11 is 12.5. The Morgan fingerprint density at radius 2 is 2.16 bits per heavy atom. The van der Waals surface area contributed by atoms with Crippen LogP contribution in [-0.2, 0) is 0 Å². The van der Waals surface area contributed by atoms with E-state index < -0.39 is 0 Å². The molecule has 3 atom stereocenters. The molecule has 1 N–H and O–H groups in total. The molecule has 106 valence electrons. The number of hydrogen-bond acceptors (Lipinski definition) is 2. The molecule has 1 aliphatic rings. The Hall–Kier alpha value is -0.440. The van der Waals surface area contributed by atoms with Crippen molar-refractivity contribution in [3.8, 4) is 0 Å². The van der Waals surface area contributed by atoms with Crippen LogP contribution in [0.3, 0.4) is 0 Å². The highest BCUT2D eigenvalue weighted by atomic mass is 35.5. The molecule has 1 heterocycles. The highest BCUT2D eigenvalue weighted by molar-refractivity contribution is 6.43. The van der Waals surface area contributed by atoms with Crippen molar-refractivity contribution >= 4 is 28.9 Å². The van der Waals surface area contributed by atoms with Crippen LogP contribution in [0, 0.1) is 5.92 Å². The molecule has 0 radical (unpaired) electrons. The van der Waals surface area contributed by atoms with Gasteiger partial charge in [-0.3, -0.25) is 0 Å². The molecule has 0 bridgehead atoms. The smallest absolute Gasteiger partial charge is 0.0825 e. The van der Waals surface area contributed by atoms with E-state index in [0.29, 0.717) is 28.0 Å². The van der Waals surface area contributed by atoms with Crippen LogP contribution in [0.2, 0.25) is 10.0 Å². The third-order valence-electron chi connectivity index (χ3n) is 4.17. The first-order chi connectivity index (χ1) is 9.04. The molecular formula is C15H22Cl2N2. The Balaban J connectivity index is 2.24. The summed E-state index contributed by atoms with van der Waals surface area (Å²) in [5.74, 6) is 0.660. The molecule has 0 amide bonds. The fourth-order valence-corrected chi connectivity index (χ4v) is 3.01. The van der Waals surface area contributed by atoms with Crippen molar-refractivity contribution in [3.05, 3.63) is 28.2 Å². The van der Waals surface area contributed by atoms with Gasteiger partial charge in [-0.1, -0.05) is 49.5 Å². The Labute approximate surface area is 126 Å². The lowest BCUT2D eigenvalue weighted by atomic mass is 9.95. The van der Waals surface area contributed by atoms with Gasteiger partial charge in [0.15, 0.2) is 0 Å². The maximum absolute atomic E-state index is 6.36. The van der Waals surface area contributed by atoms with E-state index in [1.54, 1.807) is 0 Å². The number of rotatable bonds is 3. The second kappa shape index (κ2) is 6.34. The summed E-state index contributed by atoms with van der Waals surface area (Å²) in [6, 6.07) is 6.81. The van der Waals surface area contributed by atoms with Gasteiger partial charge in [-0.05, 0) is 25.0 Å². The molecule has 1 aromatic carbocycles. The van der Waals surface area contributed by atoms with Gasteiger partial charge in [0.2, 0.25) is 0 Å². The molecule has 1 aromatic rings. The van der Waals surface area contributed by atoms with Crippen LogP contribution < -0.4 is 10.2 Å². The van der Waals surface area contributed by atoms with Crippen molar-refractivity contribution in [3.63, 3.8) is 0 Å². The lowest BCUT2D eigenvalue weighted by molar-refractivity contribution is 0.316. The zero-order chi connectivity index (χ0) is 14.0. The summed E-state index contributed by atoms with van der Waals surface area (Å²) in [6.45, 7) is 8.72. The molecule has 0 spiro atoms. The molecule has 0 aliphatic carbocycles. The number of piperazine rings is 1. The van der Waals surface area contributed by atoms with Crippen molar-refractivity contribution in [1.82, 2.24) is 5.32 Å². The molecule has 0 saturated carbocycles. The van der Waals surface area contributed by atoms with E-state index in [9.17, 15) is 0 Å². The minimum absolute atomic E-state index is 0.427. The van der Waals surface area contributed by atoms with Gasteiger partial charge < -0.3 is 10.2 Å². The Morgan fingerprint density at radius 3 is 2.84 bits per heavy atom. The highest BCUT2D eigenvalue weighted by Gasteiger charge is 2.29. The van der Waals surface area contributed by atoms with Gasteiger partial charge in [-0.25, -0.2) is 0 Å². The Bertz CT molecular complexity index is 436. The summed E-state index contributed by atoms with van der Waals surface area (Å²) in [5.41, 5.74) is 1.05. The maximum Gasteiger partial charge on any atom is 0.0825 e. The molecule has 2 nitrogen and oxygen atoms in total. The van der Waals surface area contributed by atoms with Gasteiger partial charge in [-0.15, -0.1) is 0 Å². The van der Waals surface area contributed by atoms with Crippen molar-refractivity contribution in [1.29, 1.82) is 0 Å². The number of nitrogens with zero attached hydrogens (tertiary/aromatic N) is 1. The number of benzene rings is 1. The van der Waals surface area contributed by atoms with Gasteiger partial charge in [0.05, 0.1) is 15.7 Å². The number of hydrogen-bond donors (Lipinski definition) is 1. The summed E-state index contributed by atoms with van der Waals surface area (Å²) in [5, 5.41) is 4.93. The third kappa shape index (κ3) is 3.18. The minimum Gasteiger partial charge on any atom is -0.365 e. The van der Waals surface area contributed by atoms with E-state index in [4.69, 9.17) is 23.2 Å². The average Bonchev–Trinajstić information content (AvgIpc) is 2.42. The van der Waals surface area contributed by atoms with E-state index in [2.05, 4.69) is 37.1 Å². The van der Waals surface area contributed by atoms with Crippen molar-refractivity contribution < 1.29 is 0 Å². The highest BCUT2D eigenvalue weighted by Crippen LogP contribution is 2.34. The number of anilines is 1. The fourth-order valence-electron chi connectivity index (χ4n) is 2.60. The summed E-state index contributed by atoms with van der Waals surface area (Å²) in [6.07, 6.45) is 1.18. The first kappa shape index (κ1) is 15.0. The first-order valence-electron chi connectivity index (χ1n) is 6.98. The monoisotopic (exact) mass is 300 g/mol. The van der Waals surface area contributed by atoms with Crippen molar-refractivity contribution in [2.45, 2.75) is 39.3 Å². The average molecular weight is 301 g/mol. The van der Waals surface area contributed by atoms with Gasteiger partial charge in [0, 0.05) is 25.2 Å². The Kier molecular flexibility index (Phi) is 4.99. The van der Waals surface area contributed by atoms with E-state index in [1.165, 1.54) is 6.42 Å². The summed E-state index contributed by atoms with van der Waals surface area (Å²) < 4.78 is 0. The molecular weight excluding hydrogens is 279 g/mol. The second-order valence-corrected chi connectivity index (χ2v) is 6.26. The third-order valence-corrected chi connectivity index (χ3v) is 4.98. The van der Waals surface area contributed by atoms with Gasteiger partial charge in [0.25, 0.3) is 0 Å². The molecule has 19 heavy (non-hydrogen) atoms. The summed E-state index contributed by atoms with van der Waals surface area (Å²) in [7, 11) is 0. The van der Waals surface area contributed by atoms with E-state index in [1.807, 2.05) is 12.1 Å². The van der Waals surface area contributed by atoms with Gasteiger partial charge in [-0.2, -0.15) is 0 Å². The predicted molar refractivity (Wildman–Crippen MR) is 84.5 cm³/mol. The van der Waals surface area contributed by atoms with Crippen molar-refractivity contribution in [2.24, 2.45) is 5.92 Å².